The molecular weight excluding hydrogens is 249 g/mol. The minimum atomic E-state index is -0.187. The third kappa shape index (κ3) is 5.36. The summed E-state index contributed by atoms with van der Waals surface area (Å²) in [4.78, 5) is 0. The first-order valence-corrected chi connectivity index (χ1v) is 7.08. The van der Waals surface area contributed by atoms with Crippen LogP contribution < -0.4 is 5.32 Å². The molecular formula is C15H23ClFN. The zero-order valence-electron chi connectivity index (χ0n) is 11.5. The maximum atomic E-state index is 13.7. The van der Waals surface area contributed by atoms with Crippen molar-refractivity contribution < 1.29 is 4.39 Å². The number of halogens is 2. The van der Waals surface area contributed by atoms with Crippen LogP contribution in [0.25, 0.3) is 0 Å². The molecule has 0 amide bonds. The van der Waals surface area contributed by atoms with Gasteiger partial charge in [-0.2, -0.15) is 0 Å². The highest BCUT2D eigenvalue weighted by Gasteiger charge is 2.12. The summed E-state index contributed by atoms with van der Waals surface area (Å²) in [6.07, 6.45) is 3.01. The van der Waals surface area contributed by atoms with Gasteiger partial charge in [0.05, 0.1) is 0 Å². The highest BCUT2D eigenvalue weighted by atomic mass is 35.5. The summed E-state index contributed by atoms with van der Waals surface area (Å²) >= 11 is 5.77. The predicted molar refractivity (Wildman–Crippen MR) is 76.7 cm³/mol. The number of nitrogens with one attached hydrogen (secondary N) is 1. The van der Waals surface area contributed by atoms with Crippen LogP contribution >= 0.6 is 11.6 Å². The lowest BCUT2D eigenvalue weighted by Crippen LogP contribution is -2.30. The molecule has 0 bridgehead atoms. The van der Waals surface area contributed by atoms with Gasteiger partial charge in [0.1, 0.15) is 5.82 Å². The van der Waals surface area contributed by atoms with Crippen LogP contribution in [0.4, 0.5) is 4.39 Å². The van der Waals surface area contributed by atoms with E-state index in [1.807, 2.05) is 0 Å². The predicted octanol–water partition coefficient (Wildman–Crippen LogP) is 4.44. The van der Waals surface area contributed by atoms with E-state index in [2.05, 4.69) is 26.1 Å². The summed E-state index contributed by atoms with van der Waals surface area (Å²) in [5.41, 5.74) is 0.767. The van der Waals surface area contributed by atoms with E-state index in [9.17, 15) is 4.39 Å². The molecule has 0 aliphatic carbocycles. The molecule has 0 saturated carbocycles. The Morgan fingerprint density at radius 1 is 1.33 bits per heavy atom. The van der Waals surface area contributed by atoms with Gasteiger partial charge in [0.25, 0.3) is 0 Å². The van der Waals surface area contributed by atoms with Crippen molar-refractivity contribution in [1.29, 1.82) is 0 Å². The van der Waals surface area contributed by atoms with Crippen molar-refractivity contribution in [3.8, 4) is 0 Å². The van der Waals surface area contributed by atoms with Gasteiger partial charge in [-0.05, 0) is 43.0 Å². The lowest BCUT2D eigenvalue weighted by atomic mass is 9.94. The smallest absolute Gasteiger partial charge is 0.127 e. The molecule has 102 valence electrons. The molecule has 18 heavy (non-hydrogen) atoms. The van der Waals surface area contributed by atoms with E-state index in [0.717, 1.165) is 31.4 Å². The number of hydrogen-bond donors (Lipinski definition) is 1. The summed E-state index contributed by atoms with van der Waals surface area (Å²) in [7, 11) is 0. The SMILES string of the molecule is CCCC(CNC(C)C)Cc1ccc(Cl)cc1F. The van der Waals surface area contributed by atoms with E-state index >= 15 is 0 Å². The summed E-state index contributed by atoms with van der Waals surface area (Å²) in [5, 5.41) is 3.89. The first-order chi connectivity index (χ1) is 8.52. The second-order valence-electron chi connectivity index (χ2n) is 5.16. The zero-order valence-corrected chi connectivity index (χ0v) is 12.2. The van der Waals surface area contributed by atoms with Gasteiger partial charge in [-0.3, -0.25) is 0 Å². The summed E-state index contributed by atoms with van der Waals surface area (Å²) in [5.74, 6) is 0.293. The molecule has 0 aromatic heterocycles. The van der Waals surface area contributed by atoms with Gasteiger partial charge < -0.3 is 5.32 Å². The van der Waals surface area contributed by atoms with Gasteiger partial charge in [0.15, 0.2) is 0 Å². The molecule has 1 aromatic rings. The fourth-order valence-corrected chi connectivity index (χ4v) is 2.24. The van der Waals surface area contributed by atoms with Gasteiger partial charge in [0.2, 0.25) is 0 Å². The Bertz CT molecular complexity index is 366. The quantitative estimate of drug-likeness (QED) is 0.773. The fourth-order valence-electron chi connectivity index (χ4n) is 2.09. The molecule has 1 N–H and O–H groups in total. The lowest BCUT2D eigenvalue weighted by Gasteiger charge is -2.19. The van der Waals surface area contributed by atoms with E-state index in [-0.39, 0.29) is 5.82 Å². The van der Waals surface area contributed by atoms with E-state index in [4.69, 9.17) is 11.6 Å². The highest BCUT2D eigenvalue weighted by Crippen LogP contribution is 2.19. The van der Waals surface area contributed by atoms with E-state index < -0.39 is 0 Å². The maximum Gasteiger partial charge on any atom is 0.127 e. The topological polar surface area (TPSA) is 12.0 Å². The second-order valence-corrected chi connectivity index (χ2v) is 5.59. The summed E-state index contributed by atoms with van der Waals surface area (Å²) < 4.78 is 13.7. The molecule has 0 spiro atoms. The van der Waals surface area contributed by atoms with Crippen LogP contribution in [0.3, 0.4) is 0 Å². The zero-order chi connectivity index (χ0) is 13.5. The molecule has 0 saturated heterocycles. The minimum absolute atomic E-state index is 0.187. The van der Waals surface area contributed by atoms with Crippen LogP contribution in [0.15, 0.2) is 18.2 Å². The third-order valence-electron chi connectivity index (χ3n) is 3.04. The Balaban J connectivity index is 2.64. The molecule has 0 fully saturated rings. The Kier molecular flexibility index (Phi) is 6.66. The molecule has 0 radical (unpaired) electrons. The van der Waals surface area contributed by atoms with Crippen LogP contribution in [0.1, 0.15) is 39.2 Å². The molecule has 0 aliphatic heterocycles. The Hall–Kier alpha value is -0.600. The Labute approximate surface area is 115 Å². The fraction of sp³-hybridized carbons (Fsp3) is 0.600. The first-order valence-electron chi connectivity index (χ1n) is 6.70. The Morgan fingerprint density at radius 2 is 2.06 bits per heavy atom. The van der Waals surface area contributed by atoms with Crippen molar-refractivity contribution in [2.75, 3.05) is 6.54 Å². The van der Waals surface area contributed by atoms with Crippen LogP contribution in [-0.4, -0.2) is 12.6 Å². The van der Waals surface area contributed by atoms with Gasteiger partial charge >= 0.3 is 0 Å². The van der Waals surface area contributed by atoms with E-state index in [0.29, 0.717) is 17.0 Å². The van der Waals surface area contributed by atoms with Crippen molar-refractivity contribution in [3.05, 3.63) is 34.6 Å². The Morgan fingerprint density at radius 3 is 2.61 bits per heavy atom. The van der Waals surface area contributed by atoms with Crippen LogP contribution in [-0.2, 0) is 6.42 Å². The average molecular weight is 272 g/mol. The number of rotatable bonds is 7. The van der Waals surface area contributed by atoms with Gasteiger partial charge in [-0.1, -0.05) is 44.9 Å². The molecule has 0 heterocycles. The third-order valence-corrected chi connectivity index (χ3v) is 3.27. The van der Waals surface area contributed by atoms with Crippen LogP contribution in [0.5, 0.6) is 0 Å². The molecule has 3 heteroatoms. The van der Waals surface area contributed by atoms with Gasteiger partial charge in [-0.25, -0.2) is 4.39 Å². The minimum Gasteiger partial charge on any atom is -0.314 e. The van der Waals surface area contributed by atoms with Crippen molar-refractivity contribution in [3.63, 3.8) is 0 Å². The lowest BCUT2D eigenvalue weighted by molar-refractivity contribution is 0.413. The molecule has 1 nitrogen and oxygen atoms in total. The molecule has 0 aliphatic rings. The van der Waals surface area contributed by atoms with Crippen LogP contribution in [0.2, 0.25) is 5.02 Å². The molecule has 1 unspecified atom stereocenters. The highest BCUT2D eigenvalue weighted by molar-refractivity contribution is 6.30. The second kappa shape index (κ2) is 7.75. The molecule has 1 atom stereocenters. The monoisotopic (exact) mass is 271 g/mol. The molecule has 1 aromatic carbocycles. The average Bonchev–Trinajstić information content (AvgIpc) is 2.29. The van der Waals surface area contributed by atoms with E-state index in [1.165, 1.54) is 6.07 Å². The van der Waals surface area contributed by atoms with Crippen molar-refractivity contribution in [1.82, 2.24) is 5.32 Å². The summed E-state index contributed by atoms with van der Waals surface area (Å²) in [6.45, 7) is 7.37. The maximum absolute atomic E-state index is 13.7. The van der Waals surface area contributed by atoms with Crippen molar-refractivity contribution in [2.45, 2.75) is 46.1 Å². The van der Waals surface area contributed by atoms with Gasteiger partial charge in [-0.15, -0.1) is 0 Å². The molecule has 1 rings (SSSR count). The number of hydrogen-bond acceptors (Lipinski definition) is 1. The van der Waals surface area contributed by atoms with Crippen LogP contribution in [0, 0.1) is 11.7 Å². The number of benzene rings is 1. The normalized spacial score (nSPS) is 13.0. The van der Waals surface area contributed by atoms with Gasteiger partial charge in [0, 0.05) is 11.1 Å². The largest absolute Gasteiger partial charge is 0.314 e. The summed E-state index contributed by atoms with van der Waals surface area (Å²) in [6, 6.07) is 5.43. The van der Waals surface area contributed by atoms with Crippen molar-refractivity contribution in [2.24, 2.45) is 5.92 Å². The first kappa shape index (κ1) is 15.5. The van der Waals surface area contributed by atoms with Crippen molar-refractivity contribution >= 4 is 11.6 Å². The van der Waals surface area contributed by atoms with E-state index in [1.54, 1.807) is 12.1 Å². The standard InChI is InChI=1S/C15H23ClFN/c1-4-5-12(10-18-11(2)3)8-13-6-7-14(16)9-15(13)17/h6-7,9,11-12,18H,4-5,8,10H2,1-3H3.